The van der Waals surface area contributed by atoms with Crippen LogP contribution in [0.2, 0.25) is 0 Å². The van der Waals surface area contributed by atoms with Crippen molar-refractivity contribution in [3.63, 3.8) is 0 Å². The highest BCUT2D eigenvalue weighted by molar-refractivity contribution is 5.77. The molecule has 0 N–H and O–H groups in total. The van der Waals surface area contributed by atoms with E-state index in [0.29, 0.717) is 61.3 Å². The molecule has 2 fully saturated rings. The van der Waals surface area contributed by atoms with Crippen molar-refractivity contribution in [2.24, 2.45) is 0 Å². The van der Waals surface area contributed by atoms with Crippen LogP contribution in [0.25, 0.3) is 17.2 Å². The predicted molar refractivity (Wildman–Crippen MR) is 129 cm³/mol. The highest BCUT2D eigenvalue weighted by Gasteiger charge is 2.33. The van der Waals surface area contributed by atoms with Crippen molar-refractivity contribution in [3.8, 4) is 23.3 Å². The number of nitrogens with zero attached hydrogens (tertiary/aromatic N) is 6. The second-order valence-corrected chi connectivity index (χ2v) is 8.79. The molecule has 34 heavy (non-hydrogen) atoms. The van der Waals surface area contributed by atoms with Gasteiger partial charge in [-0.2, -0.15) is 10.5 Å². The van der Waals surface area contributed by atoms with Crippen LogP contribution in [0.3, 0.4) is 0 Å². The first-order chi connectivity index (χ1) is 16.5. The molecule has 3 heterocycles. The van der Waals surface area contributed by atoms with E-state index in [1.165, 1.54) is 0 Å². The zero-order chi connectivity index (χ0) is 24.2. The summed E-state index contributed by atoms with van der Waals surface area (Å²) in [5.74, 6) is 1.09. The van der Waals surface area contributed by atoms with E-state index >= 15 is 0 Å². The summed E-state index contributed by atoms with van der Waals surface area (Å²) in [6.45, 7) is 8.02. The van der Waals surface area contributed by atoms with E-state index in [4.69, 9.17) is 9.72 Å². The van der Waals surface area contributed by atoms with E-state index in [-0.39, 0.29) is 11.9 Å². The van der Waals surface area contributed by atoms with Crippen LogP contribution in [-0.2, 0) is 9.53 Å². The van der Waals surface area contributed by atoms with Gasteiger partial charge in [0, 0.05) is 44.3 Å². The number of pyridine rings is 2. The average molecular weight is 457 g/mol. The van der Waals surface area contributed by atoms with Gasteiger partial charge in [-0.1, -0.05) is 6.58 Å². The van der Waals surface area contributed by atoms with Crippen molar-refractivity contribution in [3.05, 3.63) is 47.4 Å². The number of piperazine rings is 1. The van der Waals surface area contributed by atoms with Gasteiger partial charge in [0.25, 0.3) is 0 Å². The van der Waals surface area contributed by atoms with Gasteiger partial charge in [0.05, 0.1) is 30.0 Å². The van der Waals surface area contributed by atoms with Gasteiger partial charge < -0.3 is 14.5 Å². The van der Waals surface area contributed by atoms with Gasteiger partial charge >= 0.3 is 0 Å². The fourth-order valence-electron chi connectivity index (χ4n) is 4.46. The minimum absolute atomic E-state index is 0.00374. The molecular weight excluding hydrogens is 428 g/mol. The van der Waals surface area contributed by atoms with E-state index in [9.17, 15) is 15.3 Å². The van der Waals surface area contributed by atoms with E-state index in [1.54, 1.807) is 19.3 Å². The minimum Gasteiger partial charge on any atom is -0.384 e. The number of rotatable bonds is 7. The Morgan fingerprint density at radius 1 is 1.24 bits per heavy atom. The summed E-state index contributed by atoms with van der Waals surface area (Å²) < 4.78 is 5.05. The standard InChI is InChI=1S/C26H28N6O2/c1-4-21-11-19(12-22(15-28)29-21)23-13-20(14-27)26(30-25(23)18-5-6-18)31-8-9-32(17(2)16-31)24(33)7-10-34-3/h4,11-13,17-18H,1,5-10,16H2,2-3H3/t17-/m1/s1. The van der Waals surface area contributed by atoms with Gasteiger partial charge in [0.15, 0.2) is 0 Å². The first-order valence-corrected chi connectivity index (χ1v) is 11.5. The molecule has 2 aliphatic rings. The van der Waals surface area contributed by atoms with Gasteiger partial charge in [-0.15, -0.1) is 0 Å². The number of carbonyl (C=O) groups is 1. The molecule has 1 amide bonds. The summed E-state index contributed by atoms with van der Waals surface area (Å²) in [5, 5.41) is 19.4. The van der Waals surface area contributed by atoms with Crippen LogP contribution in [0.4, 0.5) is 5.82 Å². The lowest BCUT2D eigenvalue weighted by atomic mass is 9.98. The van der Waals surface area contributed by atoms with Crippen molar-refractivity contribution in [1.29, 1.82) is 10.5 Å². The smallest absolute Gasteiger partial charge is 0.225 e. The number of hydrogen-bond donors (Lipinski definition) is 0. The van der Waals surface area contributed by atoms with Crippen LogP contribution in [0.15, 0.2) is 24.8 Å². The summed E-state index contributed by atoms with van der Waals surface area (Å²) in [5.41, 5.74) is 4.04. The molecule has 174 valence electrons. The first-order valence-electron chi connectivity index (χ1n) is 11.5. The molecule has 4 rings (SSSR count). The van der Waals surface area contributed by atoms with E-state index in [1.807, 2.05) is 24.0 Å². The molecule has 1 saturated carbocycles. The Hall–Kier alpha value is -3.75. The molecule has 1 aliphatic carbocycles. The topological polar surface area (TPSA) is 106 Å². The Labute approximate surface area is 200 Å². The maximum Gasteiger partial charge on any atom is 0.225 e. The van der Waals surface area contributed by atoms with Gasteiger partial charge in [0.2, 0.25) is 5.91 Å². The lowest BCUT2D eigenvalue weighted by Crippen LogP contribution is -2.54. The Morgan fingerprint density at radius 2 is 2.03 bits per heavy atom. The van der Waals surface area contributed by atoms with Crippen LogP contribution in [-0.4, -0.2) is 60.2 Å². The zero-order valence-electron chi connectivity index (χ0n) is 19.6. The van der Waals surface area contributed by atoms with Gasteiger partial charge in [-0.05, 0) is 49.6 Å². The highest BCUT2D eigenvalue weighted by Crippen LogP contribution is 2.45. The fraction of sp³-hybridized carbons (Fsp3) is 0.423. The lowest BCUT2D eigenvalue weighted by molar-refractivity contribution is -0.134. The molecule has 1 aliphatic heterocycles. The summed E-state index contributed by atoms with van der Waals surface area (Å²) in [7, 11) is 1.59. The Balaban J connectivity index is 1.68. The molecule has 0 spiro atoms. The number of amides is 1. The summed E-state index contributed by atoms with van der Waals surface area (Å²) in [4.78, 5) is 25.8. The maximum absolute atomic E-state index is 12.5. The Bertz CT molecular complexity index is 1190. The van der Waals surface area contributed by atoms with Crippen LogP contribution in [0, 0.1) is 22.7 Å². The van der Waals surface area contributed by atoms with Crippen molar-refractivity contribution in [1.82, 2.24) is 14.9 Å². The van der Waals surface area contributed by atoms with Crippen molar-refractivity contribution < 1.29 is 9.53 Å². The molecule has 1 atom stereocenters. The van der Waals surface area contributed by atoms with Crippen LogP contribution < -0.4 is 4.90 Å². The Kier molecular flexibility index (Phi) is 6.90. The monoisotopic (exact) mass is 456 g/mol. The van der Waals surface area contributed by atoms with E-state index in [2.05, 4.69) is 28.6 Å². The third-order valence-corrected chi connectivity index (χ3v) is 6.36. The molecule has 1 saturated heterocycles. The Morgan fingerprint density at radius 3 is 2.65 bits per heavy atom. The quantitative estimate of drug-likeness (QED) is 0.628. The number of ether oxygens (including phenoxy) is 1. The van der Waals surface area contributed by atoms with Gasteiger partial charge in [-0.3, -0.25) is 4.79 Å². The number of nitriles is 2. The predicted octanol–water partition coefficient (Wildman–Crippen LogP) is 3.48. The number of anilines is 1. The maximum atomic E-state index is 12.5. The number of hydrogen-bond acceptors (Lipinski definition) is 7. The van der Waals surface area contributed by atoms with E-state index in [0.717, 1.165) is 29.7 Å². The summed E-state index contributed by atoms with van der Waals surface area (Å²) >= 11 is 0. The molecule has 0 radical (unpaired) electrons. The van der Waals surface area contributed by atoms with Crippen LogP contribution in [0.5, 0.6) is 0 Å². The lowest BCUT2D eigenvalue weighted by Gasteiger charge is -2.41. The second kappa shape index (κ2) is 10.0. The minimum atomic E-state index is 0.00374. The highest BCUT2D eigenvalue weighted by atomic mass is 16.5. The average Bonchev–Trinajstić information content (AvgIpc) is 3.71. The van der Waals surface area contributed by atoms with Crippen LogP contribution >= 0.6 is 0 Å². The normalized spacial score (nSPS) is 17.7. The molecule has 8 heteroatoms. The number of aromatic nitrogens is 2. The molecule has 8 nitrogen and oxygen atoms in total. The zero-order valence-corrected chi connectivity index (χ0v) is 19.6. The second-order valence-electron chi connectivity index (χ2n) is 8.79. The first kappa shape index (κ1) is 23.4. The van der Waals surface area contributed by atoms with E-state index < -0.39 is 0 Å². The molecule has 0 unspecified atom stereocenters. The molecule has 2 aromatic heterocycles. The molecule has 0 aromatic carbocycles. The molecule has 0 bridgehead atoms. The summed E-state index contributed by atoms with van der Waals surface area (Å²) in [6.07, 6.45) is 4.08. The summed E-state index contributed by atoms with van der Waals surface area (Å²) in [6, 6.07) is 9.94. The third kappa shape index (κ3) is 4.78. The van der Waals surface area contributed by atoms with Crippen molar-refractivity contribution >= 4 is 17.8 Å². The fourth-order valence-corrected chi connectivity index (χ4v) is 4.46. The molecule has 2 aromatic rings. The van der Waals surface area contributed by atoms with Crippen LogP contribution in [0.1, 0.15) is 54.7 Å². The van der Waals surface area contributed by atoms with Crippen molar-refractivity contribution in [2.45, 2.75) is 38.1 Å². The number of carbonyl (C=O) groups excluding carboxylic acids is 1. The SMILES string of the molecule is C=Cc1cc(-c2cc(C#N)c(N3CCN(C(=O)CCOC)[C@H](C)C3)nc2C2CC2)cc(C#N)n1. The van der Waals surface area contributed by atoms with Gasteiger partial charge in [-0.25, -0.2) is 9.97 Å². The van der Waals surface area contributed by atoms with Gasteiger partial charge in [0.1, 0.15) is 23.7 Å². The number of methoxy groups -OCH3 is 1. The van der Waals surface area contributed by atoms with Crippen molar-refractivity contribution in [2.75, 3.05) is 38.3 Å². The molecular formula is C26H28N6O2. The largest absolute Gasteiger partial charge is 0.384 e. The third-order valence-electron chi connectivity index (χ3n) is 6.36.